The molecule has 32 heavy (non-hydrogen) atoms. The molecule has 1 amide bonds. The Hall–Kier alpha value is -2.20. The molecule has 4 rings (SSSR count). The van der Waals surface area contributed by atoms with Crippen molar-refractivity contribution in [3.63, 3.8) is 0 Å². The van der Waals surface area contributed by atoms with Gasteiger partial charge >= 0.3 is 6.18 Å². The number of rotatable bonds is 3. The lowest BCUT2D eigenvalue weighted by Gasteiger charge is -2.36. The van der Waals surface area contributed by atoms with Crippen molar-refractivity contribution in [1.82, 2.24) is 5.32 Å². The predicted octanol–water partition coefficient (Wildman–Crippen LogP) is 4.58. The van der Waals surface area contributed by atoms with Crippen molar-refractivity contribution < 1.29 is 32.6 Å². The van der Waals surface area contributed by atoms with Crippen molar-refractivity contribution in [3.8, 4) is 0 Å². The van der Waals surface area contributed by atoms with Gasteiger partial charge in [-0.05, 0) is 55.5 Å². The van der Waals surface area contributed by atoms with Gasteiger partial charge in [0.2, 0.25) is 0 Å². The Bertz CT molecular complexity index is 1050. The van der Waals surface area contributed by atoms with Crippen molar-refractivity contribution >= 4 is 23.2 Å². The standard InChI is InChI=1S/C22H21ClF4N2O3/c23-15-7-6-12(24)9-14(15)18-17-13(19(30)29-18)4-1-5-16(17)28-20(31)21(32)8-2-3-11(10-21)22(25,26)27/h1,4-7,9,11,18-19,29-30,32H,2-3,8,10H2,(H,28,31). The van der Waals surface area contributed by atoms with Gasteiger partial charge < -0.3 is 15.5 Å². The van der Waals surface area contributed by atoms with E-state index in [0.29, 0.717) is 16.7 Å². The molecule has 4 atom stereocenters. The van der Waals surface area contributed by atoms with Gasteiger partial charge in [-0.25, -0.2) is 4.39 Å². The molecule has 1 fully saturated rings. The molecule has 1 aliphatic carbocycles. The number of alkyl halides is 3. The predicted molar refractivity (Wildman–Crippen MR) is 109 cm³/mol. The largest absolute Gasteiger partial charge is 0.391 e. The summed E-state index contributed by atoms with van der Waals surface area (Å²) in [6.07, 6.45) is -6.55. The van der Waals surface area contributed by atoms with Gasteiger partial charge in [-0.3, -0.25) is 10.1 Å². The van der Waals surface area contributed by atoms with Crippen molar-refractivity contribution in [2.24, 2.45) is 5.92 Å². The quantitative estimate of drug-likeness (QED) is 0.493. The van der Waals surface area contributed by atoms with Crippen molar-refractivity contribution in [2.45, 2.75) is 49.7 Å². The van der Waals surface area contributed by atoms with Gasteiger partial charge in [-0.15, -0.1) is 0 Å². The van der Waals surface area contributed by atoms with E-state index in [1.165, 1.54) is 24.3 Å². The summed E-state index contributed by atoms with van der Waals surface area (Å²) >= 11 is 6.23. The number of aliphatic hydroxyl groups is 2. The monoisotopic (exact) mass is 472 g/mol. The highest BCUT2D eigenvalue weighted by molar-refractivity contribution is 6.31. The highest BCUT2D eigenvalue weighted by Gasteiger charge is 2.50. The fourth-order valence-electron chi connectivity index (χ4n) is 4.54. The topological polar surface area (TPSA) is 81.6 Å². The summed E-state index contributed by atoms with van der Waals surface area (Å²) in [4.78, 5) is 12.9. The summed E-state index contributed by atoms with van der Waals surface area (Å²) in [5.74, 6) is -3.27. The van der Waals surface area contributed by atoms with E-state index >= 15 is 0 Å². The maximum atomic E-state index is 13.9. The highest BCUT2D eigenvalue weighted by Crippen LogP contribution is 2.45. The second kappa shape index (κ2) is 8.30. The van der Waals surface area contributed by atoms with Gasteiger partial charge in [0.1, 0.15) is 17.6 Å². The van der Waals surface area contributed by atoms with Gasteiger partial charge in [-0.1, -0.05) is 23.7 Å². The molecule has 1 heterocycles. The molecule has 0 radical (unpaired) electrons. The second-order valence-electron chi connectivity index (χ2n) is 8.30. The zero-order chi connectivity index (χ0) is 23.3. The van der Waals surface area contributed by atoms with Crippen LogP contribution in [-0.2, 0) is 4.79 Å². The lowest BCUT2D eigenvalue weighted by molar-refractivity contribution is -0.200. The molecule has 5 nitrogen and oxygen atoms in total. The maximum absolute atomic E-state index is 13.9. The van der Waals surface area contributed by atoms with Crippen LogP contribution in [-0.4, -0.2) is 27.9 Å². The van der Waals surface area contributed by atoms with E-state index in [1.54, 1.807) is 12.1 Å². The Morgan fingerprint density at radius 3 is 2.69 bits per heavy atom. The number of hydrogen-bond donors (Lipinski definition) is 4. The number of halogens is 5. The van der Waals surface area contributed by atoms with Crippen LogP contribution in [0.2, 0.25) is 5.02 Å². The minimum Gasteiger partial charge on any atom is -0.380 e. The molecule has 0 saturated heterocycles. The molecule has 4 N–H and O–H groups in total. The Morgan fingerprint density at radius 1 is 1.22 bits per heavy atom. The molecule has 4 unspecified atom stereocenters. The summed E-state index contributed by atoms with van der Waals surface area (Å²) in [5, 5.41) is 26.8. The number of carbonyl (C=O) groups excluding carboxylic acids is 1. The van der Waals surface area contributed by atoms with Gasteiger partial charge in [0.15, 0.2) is 0 Å². The van der Waals surface area contributed by atoms with Crippen LogP contribution in [0.15, 0.2) is 36.4 Å². The molecule has 10 heteroatoms. The van der Waals surface area contributed by atoms with Crippen LogP contribution >= 0.6 is 11.6 Å². The van der Waals surface area contributed by atoms with Crippen LogP contribution in [0.5, 0.6) is 0 Å². The molecule has 1 saturated carbocycles. The van der Waals surface area contributed by atoms with E-state index in [1.807, 2.05) is 0 Å². The smallest absolute Gasteiger partial charge is 0.380 e. The molecule has 0 bridgehead atoms. The molecule has 1 aliphatic heterocycles. The average Bonchev–Trinajstić information content (AvgIpc) is 3.07. The molecular formula is C22H21ClF4N2O3. The maximum Gasteiger partial charge on any atom is 0.391 e. The third-order valence-electron chi connectivity index (χ3n) is 6.18. The molecule has 172 valence electrons. The lowest BCUT2D eigenvalue weighted by atomic mass is 9.77. The Balaban J connectivity index is 1.67. The third-order valence-corrected chi connectivity index (χ3v) is 6.52. The molecule has 0 spiro atoms. The van der Waals surface area contributed by atoms with Gasteiger partial charge in [-0.2, -0.15) is 13.2 Å². The first-order valence-electron chi connectivity index (χ1n) is 10.1. The molecule has 0 aromatic heterocycles. The van der Waals surface area contributed by atoms with E-state index < -0.39 is 48.1 Å². The summed E-state index contributed by atoms with van der Waals surface area (Å²) in [7, 11) is 0. The first kappa shape index (κ1) is 23.0. The molecule has 2 aliphatic rings. The first-order valence-corrected chi connectivity index (χ1v) is 10.5. The molecular weight excluding hydrogens is 452 g/mol. The number of aliphatic hydroxyl groups excluding tert-OH is 1. The fourth-order valence-corrected chi connectivity index (χ4v) is 4.77. The van der Waals surface area contributed by atoms with E-state index in [-0.39, 0.29) is 30.0 Å². The van der Waals surface area contributed by atoms with Crippen molar-refractivity contribution in [2.75, 3.05) is 5.32 Å². The van der Waals surface area contributed by atoms with E-state index in [4.69, 9.17) is 11.6 Å². The van der Waals surface area contributed by atoms with Crippen molar-refractivity contribution in [1.29, 1.82) is 0 Å². The number of benzene rings is 2. The second-order valence-corrected chi connectivity index (χ2v) is 8.70. The number of hydrogen-bond acceptors (Lipinski definition) is 4. The number of nitrogens with one attached hydrogen (secondary N) is 2. The van der Waals surface area contributed by atoms with Crippen LogP contribution in [0, 0.1) is 11.7 Å². The van der Waals surface area contributed by atoms with Crippen LogP contribution in [0.3, 0.4) is 0 Å². The van der Waals surface area contributed by atoms with Crippen LogP contribution in [0.25, 0.3) is 0 Å². The van der Waals surface area contributed by atoms with E-state index in [2.05, 4.69) is 10.6 Å². The normalized spacial score (nSPS) is 27.8. The number of amides is 1. The number of fused-ring (bicyclic) bond motifs is 1. The number of carbonyl (C=O) groups is 1. The highest BCUT2D eigenvalue weighted by atomic mass is 35.5. The first-order chi connectivity index (χ1) is 15.0. The SMILES string of the molecule is O=C(Nc1cccc2c1C(c1cc(F)ccc1Cl)NC2O)C1(O)CCCC(C(F)(F)F)C1. The average molecular weight is 473 g/mol. The van der Waals surface area contributed by atoms with Crippen molar-refractivity contribution in [3.05, 3.63) is 63.9 Å². The zero-order valence-corrected chi connectivity index (χ0v) is 17.5. The van der Waals surface area contributed by atoms with Crippen LogP contribution < -0.4 is 10.6 Å². The minimum absolute atomic E-state index is 0.0583. The zero-order valence-electron chi connectivity index (χ0n) is 16.7. The Kier molecular flexibility index (Phi) is 5.96. The summed E-state index contributed by atoms with van der Waals surface area (Å²) < 4.78 is 53.4. The fraction of sp³-hybridized carbons (Fsp3) is 0.409. The summed E-state index contributed by atoms with van der Waals surface area (Å²) in [5.41, 5.74) is -0.883. The van der Waals surface area contributed by atoms with E-state index in [0.717, 1.165) is 0 Å². The number of anilines is 1. The van der Waals surface area contributed by atoms with Gasteiger partial charge in [0.05, 0.1) is 12.0 Å². The minimum atomic E-state index is -4.50. The Labute approximate surface area is 186 Å². The van der Waals surface area contributed by atoms with Crippen LogP contribution in [0.4, 0.5) is 23.2 Å². The Morgan fingerprint density at radius 2 is 1.97 bits per heavy atom. The van der Waals surface area contributed by atoms with Gasteiger partial charge in [0, 0.05) is 21.8 Å². The molecule has 2 aromatic carbocycles. The third kappa shape index (κ3) is 4.22. The summed E-state index contributed by atoms with van der Waals surface area (Å²) in [6.45, 7) is 0. The van der Waals surface area contributed by atoms with E-state index in [9.17, 15) is 32.6 Å². The molecule has 2 aromatic rings. The van der Waals surface area contributed by atoms with Gasteiger partial charge in [0.25, 0.3) is 5.91 Å². The van der Waals surface area contributed by atoms with Crippen LogP contribution in [0.1, 0.15) is 54.6 Å². The summed E-state index contributed by atoms with van der Waals surface area (Å²) in [6, 6.07) is 7.61. The lowest BCUT2D eigenvalue weighted by Crippen LogP contribution is -2.49.